The van der Waals surface area contributed by atoms with Gasteiger partial charge in [0.2, 0.25) is 0 Å². The van der Waals surface area contributed by atoms with E-state index in [1.807, 2.05) is 0 Å². The summed E-state index contributed by atoms with van der Waals surface area (Å²) in [5.41, 5.74) is 3.18. The van der Waals surface area contributed by atoms with Crippen LogP contribution in [0.5, 0.6) is 0 Å². The van der Waals surface area contributed by atoms with Crippen LogP contribution in [-0.2, 0) is 19.4 Å². The molecule has 3 heteroatoms. The predicted octanol–water partition coefficient (Wildman–Crippen LogP) is 2.26. The number of hydrogen-bond acceptors (Lipinski definition) is 3. The summed E-state index contributed by atoms with van der Waals surface area (Å²) in [6.07, 6.45) is 3.07. The molecular formula is C13H15NO2. The number of benzene rings is 1. The molecule has 0 aliphatic carbocycles. The van der Waals surface area contributed by atoms with Gasteiger partial charge in [0.25, 0.3) is 0 Å². The maximum atomic E-state index is 9.02. The zero-order chi connectivity index (χ0) is 11.4. The molecule has 1 N–H and O–H groups in total. The average Bonchev–Trinajstić information content (AvgIpc) is 2.76. The Kier molecular flexibility index (Phi) is 3.37. The second kappa shape index (κ2) is 4.94. The molecule has 2 rings (SSSR count). The van der Waals surface area contributed by atoms with Crippen LogP contribution in [0, 0.1) is 6.92 Å². The molecule has 0 radical (unpaired) electrons. The fourth-order valence-electron chi connectivity index (χ4n) is 1.64. The maximum absolute atomic E-state index is 9.02. The standard InChI is InChI=1S/C13H15NO2/c1-10-2-4-11(5-3-10)6-7-13-12(8-15)14-9-16-13/h2-5,9,15H,6-8H2,1H3. The Morgan fingerprint density at radius 3 is 2.62 bits per heavy atom. The molecule has 1 heterocycles. The molecule has 2 aromatic rings. The highest BCUT2D eigenvalue weighted by Crippen LogP contribution is 2.12. The van der Waals surface area contributed by atoms with Gasteiger partial charge < -0.3 is 9.52 Å². The summed E-state index contributed by atoms with van der Waals surface area (Å²) in [4.78, 5) is 3.94. The van der Waals surface area contributed by atoms with Crippen LogP contribution in [-0.4, -0.2) is 10.1 Å². The molecule has 0 bridgehead atoms. The summed E-state index contributed by atoms with van der Waals surface area (Å²) < 4.78 is 5.23. The number of aliphatic hydroxyl groups excluding tert-OH is 1. The van der Waals surface area contributed by atoms with Crippen LogP contribution in [0.1, 0.15) is 22.6 Å². The molecule has 16 heavy (non-hydrogen) atoms. The van der Waals surface area contributed by atoms with Gasteiger partial charge in [-0.1, -0.05) is 29.8 Å². The van der Waals surface area contributed by atoms with E-state index in [-0.39, 0.29) is 6.61 Å². The van der Waals surface area contributed by atoms with Gasteiger partial charge >= 0.3 is 0 Å². The number of oxazole rings is 1. The lowest BCUT2D eigenvalue weighted by molar-refractivity contribution is 0.274. The van der Waals surface area contributed by atoms with Crippen LogP contribution >= 0.6 is 0 Å². The largest absolute Gasteiger partial charge is 0.448 e. The maximum Gasteiger partial charge on any atom is 0.181 e. The van der Waals surface area contributed by atoms with Gasteiger partial charge in [0.1, 0.15) is 11.5 Å². The third-order valence-electron chi connectivity index (χ3n) is 2.64. The Morgan fingerprint density at radius 1 is 1.19 bits per heavy atom. The van der Waals surface area contributed by atoms with Crippen molar-refractivity contribution in [1.82, 2.24) is 4.98 Å². The minimum absolute atomic E-state index is 0.0558. The first-order valence-electron chi connectivity index (χ1n) is 5.37. The van der Waals surface area contributed by atoms with E-state index in [9.17, 15) is 0 Å². The molecule has 0 aliphatic rings. The van der Waals surface area contributed by atoms with E-state index in [1.165, 1.54) is 17.5 Å². The summed E-state index contributed by atoms with van der Waals surface area (Å²) >= 11 is 0. The van der Waals surface area contributed by atoms with Crippen LogP contribution in [0.3, 0.4) is 0 Å². The Bertz CT molecular complexity index is 445. The lowest BCUT2D eigenvalue weighted by Gasteiger charge is -2.01. The minimum Gasteiger partial charge on any atom is -0.448 e. The molecule has 0 atom stereocenters. The van der Waals surface area contributed by atoms with Gasteiger partial charge in [-0.15, -0.1) is 0 Å². The van der Waals surface area contributed by atoms with Crippen molar-refractivity contribution in [1.29, 1.82) is 0 Å². The lowest BCUT2D eigenvalue weighted by Crippen LogP contribution is -1.95. The fourth-order valence-corrected chi connectivity index (χ4v) is 1.64. The van der Waals surface area contributed by atoms with E-state index in [0.29, 0.717) is 5.69 Å². The van der Waals surface area contributed by atoms with Crippen LogP contribution in [0.4, 0.5) is 0 Å². The second-order valence-electron chi connectivity index (χ2n) is 3.87. The third-order valence-corrected chi connectivity index (χ3v) is 2.64. The highest BCUT2D eigenvalue weighted by atomic mass is 16.3. The van der Waals surface area contributed by atoms with Gasteiger partial charge in [-0.2, -0.15) is 0 Å². The molecule has 1 aromatic heterocycles. The van der Waals surface area contributed by atoms with Crippen LogP contribution in [0.2, 0.25) is 0 Å². The number of aromatic nitrogens is 1. The van der Waals surface area contributed by atoms with E-state index in [1.54, 1.807) is 0 Å². The van der Waals surface area contributed by atoms with Gasteiger partial charge in [0.05, 0.1) is 6.61 Å². The lowest BCUT2D eigenvalue weighted by atomic mass is 10.1. The van der Waals surface area contributed by atoms with E-state index in [2.05, 4.69) is 36.2 Å². The summed E-state index contributed by atoms with van der Waals surface area (Å²) in [6, 6.07) is 8.43. The number of aliphatic hydroxyl groups is 1. The van der Waals surface area contributed by atoms with E-state index in [4.69, 9.17) is 9.52 Å². The molecule has 0 spiro atoms. The predicted molar refractivity (Wildman–Crippen MR) is 61.0 cm³/mol. The number of hydrogen-bond donors (Lipinski definition) is 1. The zero-order valence-electron chi connectivity index (χ0n) is 9.31. The molecule has 0 amide bonds. The van der Waals surface area contributed by atoms with Gasteiger partial charge in [-0.05, 0) is 18.9 Å². The Morgan fingerprint density at radius 2 is 1.94 bits per heavy atom. The smallest absolute Gasteiger partial charge is 0.181 e. The van der Waals surface area contributed by atoms with E-state index >= 15 is 0 Å². The summed E-state index contributed by atoms with van der Waals surface area (Å²) in [6.45, 7) is 2.02. The Hall–Kier alpha value is -1.61. The van der Waals surface area contributed by atoms with Gasteiger partial charge in [0, 0.05) is 6.42 Å². The first-order chi connectivity index (χ1) is 7.79. The molecule has 0 saturated carbocycles. The second-order valence-corrected chi connectivity index (χ2v) is 3.87. The van der Waals surface area contributed by atoms with Gasteiger partial charge in [0.15, 0.2) is 6.39 Å². The number of aryl methyl sites for hydroxylation is 3. The van der Waals surface area contributed by atoms with Crippen molar-refractivity contribution in [3.8, 4) is 0 Å². The van der Waals surface area contributed by atoms with Crippen LogP contribution in [0.15, 0.2) is 35.1 Å². The molecule has 0 fully saturated rings. The third kappa shape index (κ3) is 2.49. The highest BCUT2D eigenvalue weighted by Gasteiger charge is 2.06. The van der Waals surface area contributed by atoms with Crippen molar-refractivity contribution in [2.75, 3.05) is 0 Å². The van der Waals surface area contributed by atoms with E-state index < -0.39 is 0 Å². The molecule has 84 valence electrons. The average molecular weight is 217 g/mol. The summed E-state index contributed by atoms with van der Waals surface area (Å²) in [7, 11) is 0. The Labute approximate surface area is 94.8 Å². The van der Waals surface area contributed by atoms with Crippen molar-refractivity contribution < 1.29 is 9.52 Å². The van der Waals surface area contributed by atoms with Crippen molar-refractivity contribution in [3.05, 3.63) is 53.2 Å². The molecular weight excluding hydrogens is 202 g/mol. The normalized spacial score (nSPS) is 10.6. The first-order valence-corrected chi connectivity index (χ1v) is 5.37. The van der Waals surface area contributed by atoms with Crippen molar-refractivity contribution in [2.24, 2.45) is 0 Å². The van der Waals surface area contributed by atoms with Crippen molar-refractivity contribution in [3.63, 3.8) is 0 Å². The summed E-state index contributed by atoms with van der Waals surface area (Å²) in [5.74, 6) is 0.781. The highest BCUT2D eigenvalue weighted by molar-refractivity contribution is 5.22. The number of nitrogens with zero attached hydrogens (tertiary/aromatic N) is 1. The molecule has 3 nitrogen and oxygen atoms in total. The van der Waals surface area contributed by atoms with Gasteiger partial charge in [-0.3, -0.25) is 0 Å². The zero-order valence-corrected chi connectivity index (χ0v) is 9.31. The van der Waals surface area contributed by atoms with Crippen LogP contribution < -0.4 is 0 Å². The first kappa shape index (κ1) is 10.9. The van der Waals surface area contributed by atoms with Crippen LogP contribution in [0.25, 0.3) is 0 Å². The quantitative estimate of drug-likeness (QED) is 0.854. The van der Waals surface area contributed by atoms with E-state index in [0.717, 1.165) is 18.6 Å². The molecule has 0 aliphatic heterocycles. The fraction of sp³-hybridized carbons (Fsp3) is 0.308. The number of rotatable bonds is 4. The summed E-state index contributed by atoms with van der Waals surface area (Å²) in [5, 5.41) is 9.02. The minimum atomic E-state index is -0.0558. The Balaban J connectivity index is 1.99. The van der Waals surface area contributed by atoms with Crippen molar-refractivity contribution in [2.45, 2.75) is 26.4 Å². The molecule has 0 saturated heterocycles. The molecule has 1 aromatic carbocycles. The monoisotopic (exact) mass is 217 g/mol. The molecule has 0 unspecified atom stereocenters. The topological polar surface area (TPSA) is 46.3 Å². The van der Waals surface area contributed by atoms with Gasteiger partial charge in [-0.25, -0.2) is 4.98 Å². The van der Waals surface area contributed by atoms with Crippen molar-refractivity contribution >= 4 is 0 Å². The SMILES string of the molecule is Cc1ccc(CCc2ocnc2CO)cc1.